The number of hydrogen-bond acceptors (Lipinski definition) is 2. The van der Waals surface area contributed by atoms with E-state index in [1.807, 2.05) is 13.8 Å². The van der Waals surface area contributed by atoms with Crippen molar-refractivity contribution in [3.8, 4) is 0 Å². The van der Waals surface area contributed by atoms with Crippen LogP contribution in [0.15, 0.2) is 36.4 Å². The first-order valence-corrected chi connectivity index (χ1v) is 6.31. The monoisotopic (exact) mass is 240 g/mol. The number of nitrogens with zero attached hydrogens (tertiary/aromatic N) is 1. The molecule has 0 saturated heterocycles. The van der Waals surface area contributed by atoms with Gasteiger partial charge in [-0.05, 0) is 50.5 Å². The van der Waals surface area contributed by atoms with Crippen LogP contribution < -0.4 is 5.73 Å². The molecule has 2 rings (SSSR count). The molecular formula is C16H20N2. The van der Waals surface area contributed by atoms with Crippen LogP contribution in [0.4, 0.5) is 0 Å². The second-order valence-electron chi connectivity index (χ2n) is 4.98. The average molecular weight is 240 g/mol. The molecule has 1 aromatic heterocycles. The van der Waals surface area contributed by atoms with E-state index >= 15 is 0 Å². The minimum atomic E-state index is 0.0344. The van der Waals surface area contributed by atoms with Crippen LogP contribution in [0.1, 0.15) is 34.1 Å². The van der Waals surface area contributed by atoms with E-state index < -0.39 is 0 Å². The summed E-state index contributed by atoms with van der Waals surface area (Å²) in [5.41, 5.74) is 12.1. The third-order valence-corrected chi connectivity index (χ3v) is 3.07. The Morgan fingerprint density at radius 1 is 1.06 bits per heavy atom. The third-order valence-electron chi connectivity index (χ3n) is 3.07. The van der Waals surface area contributed by atoms with Gasteiger partial charge in [-0.15, -0.1) is 0 Å². The highest BCUT2D eigenvalue weighted by molar-refractivity contribution is 5.28. The van der Waals surface area contributed by atoms with Crippen LogP contribution in [0.5, 0.6) is 0 Å². The summed E-state index contributed by atoms with van der Waals surface area (Å²) in [7, 11) is 0. The minimum Gasteiger partial charge on any atom is -0.324 e. The molecule has 1 heterocycles. The highest BCUT2D eigenvalue weighted by atomic mass is 14.7. The molecule has 0 aliphatic rings. The Morgan fingerprint density at radius 3 is 2.33 bits per heavy atom. The molecule has 0 fully saturated rings. The first kappa shape index (κ1) is 12.8. The summed E-state index contributed by atoms with van der Waals surface area (Å²) in [4.78, 5) is 4.38. The van der Waals surface area contributed by atoms with E-state index in [2.05, 4.69) is 48.3 Å². The van der Waals surface area contributed by atoms with Gasteiger partial charge in [0, 0.05) is 17.4 Å². The first-order chi connectivity index (χ1) is 8.54. The van der Waals surface area contributed by atoms with Crippen molar-refractivity contribution in [2.75, 3.05) is 0 Å². The van der Waals surface area contributed by atoms with Gasteiger partial charge in [-0.25, -0.2) is 0 Å². The molecule has 0 aliphatic carbocycles. The molecule has 2 heteroatoms. The van der Waals surface area contributed by atoms with Gasteiger partial charge in [-0.1, -0.05) is 29.8 Å². The van der Waals surface area contributed by atoms with Gasteiger partial charge in [-0.2, -0.15) is 0 Å². The van der Waals surface area contributed by atoms with Crippen LogP contribution in [0.3, 0.4) is 0 Å². The summed E-state index contributed by atoms with van der Waals surface area (Å²) in [6.45, 7) is 6.13. The normalized spacial score (nSPS) is 12.4. The Kier molecular flexibility index (Phi) is 3.78. The molecular weight excluding hydrogens is 220 g/mol. The molecule has 0 bridgehead atoms. The van der Waals surface area contributed by atoms with E-state index in [9.17, 15) is 0 Å². The Hall–Kier alpha value is -1.67. The summed E-state index contributed by atoms with van der Waals surface area (Å²) >= 11 is 0. The summed E-state index contributed by atoms with van der Waals surface area (Å²) in [6, 6.07) is 12.7. The topological polar surface area (TPSA) is 38.9 Å². The van der Waals surface area contributed by atoms with Crippen molar-refractivity contribution in [1.29, 1.82) is 0 Å². The number of nitrogens with two attached hydrogens (primary N) is 1. The fourth-order valence-corrected chi connectivity index (χ4v) is 2.29. The zero-order chi connectivity index (χ0) is 13.1. The second-order valence-corrected chi connectivity index (χ2v) is 4.98. The van der Waals surface area contributed by atoms with Crippen molar-refractivity contribution in [2.45, 2.75) is 33.2 Å². The molecule has 0 spiro atoms. The van der Waals surface area contributed by atoms with E-state index in [1.165, 1.54) is 16.7 Å². The molecule has 0 radical (unpaired) electrons. The predicted molar refractivity (Wildman–Crippen MR) is 75.5 cm³/mol. The number of hydrogen-bond donors (Lipinski definition) is 1. The number of pyridine rings is 1. The quantitative estimate of drug-likeness (QED) is 0.894. The summed E-state index contributed by atoms with van der Waals surface area (Å²) < 4.78 is 0. The molecule has 0 saturated carbocycles. The summed E-state index contributed by atoms with van der Waals surface area (Å²) in [5.74, 6) is 0. The molecule has 2 nitrogen and oxygen atoms in total. The molecule has 18 heavy (non-hydrogen) atoms. The fraction of sp³-hybridized carbons (Fsp3) is 0.312. The zero-order valence-corrected chi connectivity index (χ0v) is 11.3. The molecule has 1 aromatic carbocycles. The van der Waals surface area contributed by atoms with Crippen LogP contribution in [0, 0.1) is 20.8 Å². The van der Waals surface area contributed by atoms with Crippen molar-refractivity contribution in [3.05, 3.63) is 64.5 Å². The number of aryl methyl sites for hydroxylation is 3. The van der Waals surface area contributed by atoms with Crippen LogP contribution in [0.25, 0.3) is 0 Å². The maximum Gasteiger partial charge on any atom is 0.0379 e. The lowest BCUT2D eigenvalue weighted by Crippen LogP contribution is -2.14. The highest BCUT2D eigenvalue weighted by Gasteiger charge is 2.08. The molecule has 0 amide bonds. The predicted octanol–water partition coefficient (Wildman–Crippen LogP) is 3.25. The van der Waals surface area contributed by atoms with Crippen LogP contribution in [0.2, 0.25) is 0 Å². The van der Waals surface area contributed by atoms with Crippen molar-refractivity contribution in [1.82, 2.24) is 4.98 Å². The first-order valence-electron chi connectivity index (χ1n) is 6.31. The van der Waals surface area contributed by atoms with Gasteiger partial charge in [0.25, 0.3) is 0 Å². The molecule has 1 atom stereocenters. The summed E-state index contributed by atoms with van der Waals surface area (Å²) in [5, 5.41) is 0. The largest absolute Gasteiger partial charge is 0.324 e. The number of rotatable bonds is 3. The van der Waals surface area contributed by atoms with Gasteiger partial charge in [0.15, 0.2) is 0 Å². The Morgan fingerprint density at radius 2 is 1.72 bits per heavy atom. The van der Waals surface area contributed by atoms with Gasteiger partial charge in [-0.3, -0.25) is 4.98 Å². The maximum atomic E-state index is 6.29. The van der Waals surface area contributed by atoms with Gasteiger partial charge in [0.1, 0.15) is 0 Å². The van der Waals surface area contributed by atoms with Crippen molar-refractivity contribution in [2.24, 2.45) is 5.73 Å². The molecule has 1 unspecified atom stereocenters. The van der Waals surface area contributed by atoms with E-state index in [0.29, 0.717) is 0 Å². The Bertz CT molecular complexity index is 526. The smallest absolute Gasteiger partial charge is 0.0379 e. The summed E-state index contributed by atoms with van der Waals surface area (Å²) in [6.07, 6.45) is 0.866. The number of aromatic nitrogens is 1. The lowest BCUT2D eigenvalue weighted by Gasteiger charge is -2.14. The standard InChI is InChI=1S/C16H20N2/c1-11-5-4-6-14(7-11)10-16(17)15-8-12(2)18-13(3)9-15/h4-9,16H,10,17H2,1-3H3. The van der Waals surface area contributed by atoms with Crippen LogP contribution >= 0.6 is 0 Å². The lowest BCUT2D eigenvalue weighted by atomic mass is 9.98. The Labute approximate surface area is 109 Å². The minimum absolute atomic E-state index is 0.0344. The van der Waals surface area contributed by atoms with Gasteiger partial charge in [0.05, 0.1) is 0 Å². The van der Waals surface area contributed by atoms with Crippen LogP contribution in [-0.2, 0) is 6.42 Å². The highest BCUT2D eigenvalue weighted by Crippen LogP contribution is 2.18. The Balaban J connectivity index is 2.19. The van der Waals surface area contributed by atoms with E-state index in [-0.39, 0.29) is 6.04 Å². The zero-order valence-electron chi connectivity index (χ0n) is 11.3. The molecule has 2 N–H and O–H groups in total. The average Bonchev–Trinajstić information content (AvgIpc) is 2.27. The van der Waals surface area contributed by atoms with E-state index in [0.717, 1.165) is 17.8 Å². The maximum absolute atomic E-state index is 6.29. The molecule has 2 aromatic rings. The van der Waals surface area contributed by atoms with Crippen molar-refractivity contribution >= 4 is 0 Å². The van der Waals surface area contributed by atoms with E-state index in [1.54, 1.807) is 0 Å². The molecule has 94 valence electrons. The molecule has 0 aliphatic heterocycles. The third kappa shape index (κ3) is 3.17. The van der Waals surface area contributed by atoms with Crippen molar-refractivity contribution < 1.29 is 0 Å². The van der Waals surface area contributed by atoms with Gasteiger partial charge in [0.2, 0.25) is 0 Å². The lowest BCUT2D eigenvalue weighted by molar-refractivity contribution is 0.717. The van der Waals surface area contributed by atoms with Gasteiger partial charge < -0.3 is 5.73 Å². The van der Waals surface area contributed by atoms with Gasteiger partial charge >= 0.3 is 0 Å². The van der Waals surface area contributed by atoms with Crippen LogP contribution in [-0.4, -0.2) is 4.98 Å². The van der Waals surface area contributed by atoms with Crippen molar-refractivity contribution in [3.63, 3.8) is 0 Å². The fourth-order valence-electron chi connectivity index (χ4n) is 2.29. The SMILES string of the molecule is Cc1cccc(CC(N)c2cc(C)nc(C)c2)c1. The number of benzene rings is 1. The van der Waals surface area contributed by atoms with E-state index in [4.69, 9.17) is 5.73 Å². The second kappa shape index (κ2) is 5.32.